The molecule has 0 spiro atoms. The van der Waals surface area contributed by atoms with Crippen molar-refractivity contribution in [2.75, 3.05) is 7.11 Å². The van der Waals surface area contributed by atoms with Crippen LogP contribution in [-0.2, 0) is 17.7 Å². The molecule has 21 heavy (non-hydrogen) atoms. The van der Waals surface area contributed by atoms with E-state index < -0.39 is 0 Å². The molecular formula is C15H17N3O3. The normalized spacial score (nSPS) is 10.4. The molecule has 0 saturated heterocycles. The van der Waals surface area contributed by atoms with Gasteiger partial charge >= 0.3 is 5.97 Å². The van der Waals surface area contributed by atoms with Crippen LogP contribution in [0.25, 0.3) is 0 Å². The van der Waals surface area contributed by atoms with Crippen LogP contribution in [0.5, 0.6) is 0 Å². The van der Waals surface area contributed by atoms with Gasteiger partial charge in [-0.3, -0.25) is 4.79 Å². The Balaban J connectivity index is 2.20. The monoisotopic (exact) mass is 287 g/mol. The van der Waals surface area contributed by atoms with Crippen molar-refractivity contribution in [2.24, 2.45) is 0 Å². The summed E-state index contributed by atoms with van der Waals surface area (Å²) in [5.74, 6) is -0.364. The van der Waals surface area contributed by atoms with Crippen LogP contribution in [0.3, 0.4) is 0 Å². The van der Waals surface area contributed by atoms with Gasteiger partial charge in [0.2, 0.25) is 0 Å². The van der Waals surface area contributed by atoms with Gasteiger partial charge in [0.05, 0.1) is 24.9 Å². The topological polar surface area (TPSA) is 74.1 Å². The standard InChI is InChI=1S/C15H17N3O3/c1-3-4-14-13(10-19)16-17-18(14)9-11-5-7-12(8-6-11)15(20)21-2/h5-8,10H,3-4,9H2,1-2H3. The van der Waals surface area contributed by atoms with Crippen molar-refractivity contribution in [3.63, 3.8) is 0 Å². The van der Waals surface area contributed by atoms with E-state index in [1.54, 1.807) is 16.8 Å². The van der Waals surface area contributed by atoms with Gasteiger partial charge in [0, 0.05) is 0 Å². The van der Waals surface area contributed by atoms with Crippen LogP contribution in [0.2, 0.25) is 0 Å². The van der Waals surface area contributed by atoms with E-state index in [0.717, 1.165) is 30.4 Å². The fourth-order valence-corrected chi connectivity index (χ4v) is 2.10. The van der Waals surface area contributed by atoms with Crippen LogP contribution in [0.4, 0.5) is 0 Å². The Labute approximate surface area is 122 Å². The molecular weight excluding hydrogens is 270 g/mol. The van der Waals surface area contributed by atoms with Gasteiger partial charge in [-0.1, -0.05) is 30.7 Å². The third kappa shape index (κ3) is 3.34. The Bertz CT molecular complexity index is 632. The number of hydrogen-bond acceptors (Lipinski definition) is 5. The molecule has 0 unspecified atom stereocenters. The molecule has 2 rings (SSSR count). The number of carbonyl (C=O) groups excluding carboxylic acids is 2. The van der Waals surface area contributed by atoms with Gasteiger partial charge in [-0.25, -0.2) is 9.48 Å². The summed E-state index contributed by atoms with van der Waals surface area (Å²) in [6.45, 7) is 2.55. The Morgan fingerprint density at radius 1 is 1.33 bits per heavy atom. The summed E-state index contributed by atoms with van der Waals surface area (Å²) in [6, 6.07) is 7.09. The summed E-state index contributed by atoms with van der Waals surface area (Å²) in [5, 5.41) is 7.90. The highest BCUT2D eigenvalue weighted by Crippen LogP contribution is 2.11. The maximum Gasteiger partial charge on any atom is 0.337 e. The fourth-order valence-electron chi connectivity index (χ4n) is 2.10. The van der Waals surface area contributed by atoms with E-state index in [1.807, 2.05) is 19.1 Å². The van der Waals surface area contributed by atoms with Crippen molar-refractivity contribution < 1.29 is 14.3 Å². The molecule has 1 heterocycles. The van der Waals surface area contributed by atoms with Crippen molar-refractivity contribution in [2.45, 2.75) is 26.3 Å². The second-order valence-corrected chi connectivity index (χ2v) is 4.64. The molecule has 0 amide bonds. The molecule has 110 valence electrons. The minimum Gasteiger partial charge on any atom is -0.465 e. The van der Waals surface area contributed by atoms with Gasteiger partial charge in [-0.05, 0) is 24.1 Å². The van der Waals surface area contributed by atoms with E-state index in [1.165, 1.54) is 7.11 Å². The highest BCUT2D eigenvalue weighted by atomic mass is 16.5. The van der Waals surface area contributed by atoms with Crippen LogP contribution in [0.15, 0.2) is 24.3 Å². The predicted octanol–water partition coefficient (Wildman–Crippen LogP) is 1.88. The zero-order valence-corrected chi connectivity index (χ0v) is 12.1. The van der Waals surface area contributed by atoms with Crippen molar-refractivity contribution in [1.29, 1.82) is 0 Å². The molecule has 1 aromatic heterocycles. The van der Waals surface area contributed by atoms with Crippen LogP contribution < -0.4 is 0 Å². The van der Waals surface area contributed by atoms with Crippen molar-refractivity contribution >= 4 is 12.3 Å². The lowest BCUT2D eigenvalue weighted by Crippen LogP contribution is -2.08. The lowest BCUT2D eigenvalue weighted by atomic mass is 10.1. The van der Waals surface area contributed by atoms with E-state index in [9.17, 15) is 9.59 Å². The first kappa shape index (κ1) is 14.9. The zero-order valence-electron chi connectivity index (χ0n) is 12.1. The molecule has 2 aromatic rings. The number of nitrogens with zero attached hydrogens (tertiary/aromatic N) is 3. The molecule has 0 atom stereocenters. The number of methoxy groups -OCH3 is 1. The first-order valence-corrected chi connectivity index (χ1v) is 6.74. The fraction of sp³-hybridized carbons (Fsp3) is 0.333. The lowest BCUT2D eigenvalue weighted by Gasteiger charge is -2.07. The third-order valence-corrected chi connectivity index (χ3v) is 3.17. The molecule has 0 aliphatic rings. The number of benzene rings is 1. The number of esters is 1. The van der Waals surface area contributed by atoms with Gasteiger partial charge in [0.15, 0.2) is 6.29 Å². The summed E-state index contributed by atoms with van der Waals surface area (Å²) in [4.78, 5) is 22.3. The number of rotatable bonds is 6. The van der Waals surface area contributed by atoms with Crippen molar-refractivity contribution in [3.05, 3.63) is 46.8 Å². The van der Waals surface area contributed by atoms with Crippen LogP contribution >= 0.6 is 0 Å². The van der Waals surface area contributed by atoms with Gasteiger partial charge in [0.1, 0.15) is 5.69 Å². The van der Waals surface area contributed by atoms with Gasteiger partial charge in [0.25, 0.3) is 0 Å². The first-order valence-electron chi connectivity index (χ1n) is 6.74. The minimum absolute atomic E-state index is 0.364. The average Bonchev–Trinajstić information content (AvgIpc) is 2.90. The molecule has 0 fully saturated rings. The molecule has 0 aliphatic carbocycles. The maximum absolute atomic E-state index is 11.4. The third-order valence-electron chi connectivity index (χ3n) is 3.17. The second kappa shape index (κ2) is 6.78. The van der Waals surface area contributed by atoms with Crippen LogP contribution in [-0.4, -0.2) is 34.4 Å². The molecule has 6 heteroatoms. The highest BCUT2D eigenvalue weighted by molar-refractivity contribution is 5.89. The predicted molar refractivity (Wildman–Crippen MR) is 76.3 cm³/mol. The first-order chi connectivity index (χ1) is 10.2. The molecule has 0 radical (unpaired) electrons. The zero-order chi connectivity index (χ0) is 15.2. The molecule has 0 aliphatic heterocycles. The summed E-state index contributed by atoms with van der Waals surface area (Å²) in [7, 11) is 1.35. The molecule has 6 nitrogen and oxygen atoms in total. The molecule has 0 bridgehead atoms. The van der Waals surface area contributed by atoms with Crippen LogP contribution in [0, 0.1) is 0 Å². The Hall–Kier alpha value is -2.50. The second-order valence-electron chi connectivity index (χ2n) is 4.64. The molecule has 0 saturated carbocycles. The minimum atomic E-state index is -0.364. The maximum atomic E-state index is 11.4. The number of ether oxygens (including phenoxy) is 1. The average molecular weight is 287 g/mol. The van der Waals surface area contributed by atoms with Gasteiger partial charge < -0.3 is 4.74 Å². The SMILES string of the molecule is CCCc1c(C=O)nnn1Cc1ccc(C(=O)OC)cc1. The number of hydrogen-bond donors (Lipinski definition) is 0. The summed E-state index contributed by atoms with van der Waals surface area (Å²) < 4.78 is 6.38. The van der Waals surface area contributed by atoms with Crippen LogP contribution in [0.1, 0.15) is 45.4 Å². The van der Waals surface area contributed by atoms with Crippen molar-refractivity contribution in [1.82, 2.24) is 15.0 Å². The largest absolute Gasteiger partial charge is 0.465 e. The van der Waals surface area contributed by atoms with E-state index in [4.69, 9.17) is 0 Å². The van der Waals surface area contributed by atoms with E-state index in [-0.39, 0.29) is 5.97 Å². The van der Waals surface area contributed by atoms with E-state index >= 15 is 0 Å². The number of aromatic nitrogens is 3. The highest BCUT2D eigenvalue weighted by Gasteiger charge is 2.12. The number of carbonyl (C=O) groups is 2. The summed E-state index contributed by atoms with van der Waals surface area (Å²) in [5.41, 5.74) is 2.71. The van der Waals surface area contributed by atoms with E-state index in [2.05, 4.69) is 15.0 Å². The molecule has 1 aromatic carbocycles. The Kier molecular flexibility index (Phi) is 4.81. The quantitative estimate of drug-likeness (QED) is 0.599. The smallest absolute Gasteiger partial charge is 0.337 e. The Morgan fingerprint density at radius 2 is 2.05 bits per heavy atom. The summed E-state index contributed by atoms with van der Waals surface area (Å²) in [6.07, 6.45) is 2.39. The van der Waals surface area contributed by atoms with Crippen molar-refractivity contribution in [3.8, 4) is 0 Å². The lowest BCUT2D eigenvalue weighted by molar-refractivity contribution is 0.0600. The van der Waals surface area contributed by atoms with Gasteiger partial charge in [-0.2, -0.15) is 0 Å². The summed E-state index contributed by atoms with van der Waals surface area (Å²) >= 11 is 0. The Morgan fingerprint density at radius 3 is 2.62 bits per heavy atom. The molecule has 0 N–H and O–H groups in total. The van der Waals surface area contributed by atoms with E-state index in [0.29, 0.717) is 17.8 Å². The van der Waals surface area contributed by atoms with Gasteiger partial charge in [-0.15, -0.1) is 5.10 Å². The number of aldehydes is 1.